The highest BCUT2D eigenvalue weighted by Crippen LogP contribution is 2.04. The zero-order valence-corrected chi connectivity index (χ0v) is 7.21. The zero-order chi connectivity index (χ0) is 8.27. The number of nitrogens with zero attached hydrogens (tertiary/aromatic N) is 1. The van der Waals surface area contributed by atoms with Crippen LogP contribution in [0.15, 0.2) is 0 Å². The predicted octanol–water partition coefficient (Wildman–Crippen LogP) is 0.215. The molecule has 0 aliphatic carbocycles. The molecule has 0 amide bonds. The van der Waals surface area contributed by atoms with Crippen LogP contribution in [-0.2, 0) is 4.79 Å². The van der Waals surface area contributed by atoms with Crippen LogP contribution in [0.25, 0.3) is 0 Å². The quantitative estimate of drug-likeness (QED) is 0.580. The van der Waals surface area contributed by atoms with Crippen molar-refractivity contribution in [2.75, 3.05) is 13.2 Å². The maximum atomic E-state index is 10.4. The number of hydrogen-bond donors (Lipinski definition) is 1. The van der Waals surface area contributed by atoms with Gasteiger partial charge < -0.3 is 4.79 Å². The standard InChI is InChI=1S/C8H16N2O/c1-7(2)10-4-3-8(5-11)9-6-10/h5,7-9H,3-4,6H2,1-2H3. The Labute approximate surface area is 67.8 Å². The van der Waals surface area contributed by atoms with Gasteiger partial charge in [-0.2, -0.15) is 0 Å². The molecule has 0 spiro atoms. The Morgan fingerprint density at radius 3 is 2.73 bits per heavy atom. The van der Waals surface area contributed by atoms with E-state index in [2.05, 4.69) is 24.1 Å². The van der Waals surface area contributed by atoms with Crippen LogP contribution in [0.1, 0.15) is 20.3 Å². The van der Waals surface area contributed by atoms with Gasteiger partial charge in [0.05, 0.1) is 6.04 Å². The largest absolute Gasteiger partial charge is 0.302 e. The third kappa shape index (κ3) is 2.27. The number of hydrogen-bond acceptors (Lipinski definition) is 3. The summed E-state index contributed by atoms with van der Waals surface area (Å²) in [5.74, 6) is 0. The summed E-state index contributed by atoms with van der Waals surface area (Å²) in [5, 5.41) is 3.16. The van der Waals surface area contributed by atoms with Crippen LogP contribution in [0.5, 0.6) is 0 Å². The minimum atomic E-state index is 0.0880. The van der Waals surface area contributed by atoms with Crippen LogP contribution < -0.4 is 5.32 Å². The summed E-state index contributed by atoms with van der Waals surface area (Å²) in [5.41, 5.74) is 0. The molecule has 3 heteroatoms. The van der Waals surface area contributed by atoms with Gasteiger partial charge in [-0.05, 0) is 20.3 Å². The third-order valence-corrected chi connectivity index (χ3v) is 2.18. The molecule has 1 unspecified atom stereocenters. The topological polar surface area (TPSA) is 32.3 Å². The van der Waals surface area contributed by atoms with E-state index >= 15 is 0 Å². The number of aldehydes is 1. The molecule has 0 aromatic heterocycles. The van der Waals surface area contributed by atoms with Crippen molar-refractivity contribution in [3.8, 4) is 0 Å². The second-order valence-electron chi connectivity index (χ2n) is 3.30. The normalized spacial score (nSPS) is 27.4. The molecule has 1 N–H and O–H groups in total. The molecule has 1 heterocycles. The van der Waals surface area contributed by atoms with E-state index < -0.39 is 0 Å². The van der Waals surface area contributed by atoms with Crippen molar-refractivity contribution in [1.29, 1.82) is 0 Å². The molecule has 1 saturated heterocycles. The molecular weight excluding hydrogens is 140 g/mol. The molecule has 0 bridgehead atoms. The van der Waals surface area contributed by atoms with Gasteiger partial charge in [0.15, 0.2) is 0 Å². The lowest BCUT2D eigenvalue weighted by atomic mass is 10.1. The van der Waals surface area contributed by atoms with Crippen molar-refractivity contribution in [3.63, 3.8) is 0 Å². The first-order valence-corrected chi connectivity index (χ1v) is 4.16. The van der Waals surface area contributed by atoms with Crippen LogP contribution in [0.3, 0.4) is 0 Å². The molecule has 11 heavy (non-hydrogen) atoms. The van der Waals surface area contributed by atoms with Gasteiger partial charge >= 0.3 is 0 Å². The van der Waals surface area contributed by atoms with Crippen molar-refractivity contribution in [2.24, 2.45) is 0 Å². The Hall–Kier alpha value is -0.410. The minimum Gasteiger partial charge on any atom is -0.302 e. The SMILES string of the molecule is CC(C)N1CCC(C=O)NC1. The first-order valence-electron chi connectivity index (χ1n) is 4.16. The van der Waals surface area contributed by atoms with Crippen molar-refractivity contribution in [2.45, 2.75) is 32.4 Å². The smallest absolute Gasteiger partial charge is 0.136 e. The van der Waals surface area contributed by atoms with E-state index in [1.54, 1.807) is 0 Å². The molecule has 0 radical (unpaired) electrons. The highest BCUT2D eigenvalue weighted by Gasteiger charge is 2.18. The Balaban J connectivity index is 2.29. The predicted molar refractivity (Wildman–Crippen MR) is 44.3 cm³/mol. The second-order valence-corrected chi connectivity index (χ2v) is 3.30. The van der Waals surface area contributed by atoms with Gasteiger partial charge in [0, 0.05) is 19.3 Å². The molecule has 1 atom stereocenters. The fourth-order valence-electron chi connectivity index (χ4n) is 1.28. The molecule has 0 saturated carbocycles. The number of rotatable bonds is 2. The average Bonchev–Trinajstić information content (AvgIpc) is 2.05. The highest BCUT2D eigenvalue weighted by atomic mass is 16.1. The third-order valence-electron chi connectivity index (χ3n) is 2.18. The minimum absolute atomic E-state index is 0.0880. The molecular formula is C8H16N2O. The maximum absolute atomic E-state index is 10.4. The summed E-state index contributed by atoms with van der Waals surface area (Å²) in [6, 6.07) is 0.667. The Kier molecular flexibility index (Phi) is 3.02. The number of carbonyl (C=O) groups excluding carboxylic acids is 1. The van der Waals surface area contributed by atoms with Gasteiger partial charge in [-0.1, -0.05) is 0 Å². The molecule has 1 rings (SSSR count). The van der Waals surface area contributed by atoms with E-state index in [1.165, 1.54) is 0 Å². The Morgan fingerprint density at radius 1 is 1.64 bits per heavy atom. The fraction of sp³-hybridized carbons (Fsp3) is 0.875. The molecule has 64 valence electrons. The lowest BCUT2D eigenvalue weighted by Crippen LogP contribution is -2.50. The van der Waals surface area contributed by atoms with Crippen molar-refractivity contribution in [1.82, 2.24) is 10.2 Å². The lowest BCUT2D eigenvalue weighted by Gasteiger charge is -2.33. The maximum Gasteiger partial charge on any atom is 0.136 e. The van der Waals surface area contributed by atoms with Gasteiger partial charge in [-0.15, -0.1) is 0 Å². The van der Waals surface area contributed by atoms with Gasteiger partial charge in [-0.3, -0.25) is 10.2 Å². The summed E-state index contributed by atoms with van der Waals surface area (Å²) in [4.78, 5) is 12.7. The summed E-state index contributed by atoms with van der Waals surface area (Å²) < 4.78 is 0. The monoisotopic (exact) mass is 156 g/mol. The molecule has 0 aromatic carbocycles. The summed E-state index contributed by atoms with van der Waals surface area (Å²) in [6.07, 6.45) is 1.94. The summed E-state index contributed by atoms with van der Waals surface area (Å²) >= 11 is 0. The van der Waals surface area contributed by atoms with Crippen molar-refractivity contribution < 1.29 is 4.79 Å². The van der Waals surface area contributed by atoms with Gasteiger partial charge in [0.1, 0.15) is 6.29 Å². The van der Waals surface area contributed by atoms with E-state index in [9.17, 15) is 4.79 Å². The van der Waals surface area contributed by atoms with Crippen LogP contribution in [-0.4, -0.2) is 36.5 Å². The Morgan fingerprint density at radius 2 is 2.36 bits per heavy atom. The van der Waals surface area contributed by atoms with Gasteiger partial charge in [0.2, 0.25) is 0 Å². The van der Waals surface area contributed by atoms with E-state index in [4.69, 9.17) is 0 Å². The zero-order valence-electron chi connectivity index (χ0n) is 7.21. The Bertz CT molecular complexity index is 128. The van der Waals surface area contributed by atoms with Crippen LogP contribution in [0, 0.1) is 0 Å². The van der Waals surface area contributed by atoms with Gasteiger partial charge in [0.25, 0.3) is 0 Å². The summed E-state index contributed by atoms with van der Waals surface area (Å²) in [6.45, 7) is 6.22. The van der Waals surface area contributed by atoms with E-state index in [-0.39, 0.29) is 6.04 Å². The van der Waals surface area contributed by atoms with Crippen LogP contribution >= 0.6 is 0 Å². The molecule has 1 aliphatic heterocycles. The van der Waals surface area contributed by atoms with E-state index in [0.29, 0.717) is 6.04 Å². The van der Waals surface area contributed by atoms with Crippen molar-refractivity contribution >= 4 is 6.29 Å². The first-order chi connectivity index (χ1) is 5.24. The van der Waals surface area contributed by atoms with Crippen molar-refractivity contribution in [3.05, 3.63) is 0 Å². The molecule has 1 aliphatic rings. The fourth-order valence-corrected chi connectivity index (χ4v) is 1.28. The van der Waals surface area contributed by atoms with E-state index in [0.717, 1.165) is 25.9 Å². The summed E-state index contributed by atoms with van der Waals surface area (Å²) in [7, 11) is 0. The lowest BCUT2D eigenvalue weighted by molar-refractivity contribution is -0.110. The molecule has 3 nitrogen and oxygen atoms in total. The van der Waals surface area contributed by atoms with Gasteiger partial charge in [-0.25, -0.2) is 0 Å². The first kappa shape index (κ1) is 8.68. The van der Waals surface area contributed by atoms with Crippen LogP contribution in [0.4, 0.5) is 0 Å². The molecule has 1 fully saturated rings. The van der Waals surface area contributed by atoms with Crippen LogP contribution in [0.2, 0.25) is 0 Å². The highest BCUT2D eigenvalue weighted by molar-refractivity contribution is 5.57. The number of nitrogens with one attached hydrogen (secondary N) is 1. The molecule has 0 aromatic rings. The van der Waals surface area contributed by atoms with E-state index in [1.807, 2.05) is 0 Å². The number of carbonyl (C=O) groups is 1. The average molecular weight is 156 g/mol. The second kappa shape index (κ2) is 3.83.